The van der Waals surface area contributed by atoms with Gasteiger partial charge in [0.25, 0.3) is 5.91 Å². The highest BCUT2D eigenvalue weighted by Gasteiger charge is 2.20. The molecule has 0 saturated carbocycles. The average Bonchev–Trinajstić information content (AvgIpc) is 3.14. The Bertz CT molecular complexity index is 702. The Hall–Kier alpha value is -2.54. The lowest BCUT2D eigenvalue weighted by atomic mass is 10.2. The van der Waals surface area contributed by atoms with Gasteiger partial charge in [0.15, 0.2) is 11.5 Å². The smallest absolute Gasteiger partial charge is 0.252 e. The van der Waals surface area contributed by atoms with Gasteiger partial charge in [-0.05, 0) is 23.6 Å². The van der Waals surface area contributed by atoms with Crippen molar-refractivity contribution in [1.82, 2.24) is 10.6 Å². The number of carbonyl (C=O) groups excluding carboxylic acids is 2. The van der Waals surface area contributed by atoms with E-state index in [4.69, 9.17) is 9.47 Å². The van der Waals surface area contributed by atoms with Crippen molar-refractivity contribution in [2.75, 3.05) is 19.7 Å². The fourth-order valence-corrected chi connectivity index (χ4v) is 2.90. The molecule has 24 heavy (non-hydrogen) atoms. The number of carbonyl (C=O) groups is 2. The molecule has 2 heterocycles. The van der Waals surface area contributed by atoms with Crippen molar-refractivity contribution < 1.29 is 19.1 Å². The van der Waals surface area contributed by atoms with E-state index in [2.05, 4.69) is 10.6 Å². The van der Waals surface area contributed by atoms with Crippen molar-refractivity contribution >= 4 is 23.2 Å². The van der Waals surface area contributed by atoms with Crippen LogP contribution in [0.25, 0.3) is 0 Å². The first-order valence-electron chi connectivity index (χ1n) is 7.68. The summed E-state index contributed by atoms with van der Waals surface area (Å²) in [5.74, 6) is 1.11. The predicted octanol–water partition coefficient (Wildman–Crippen LogP) is 1.82. The minimum Gasteiger partial charge on any atom is -0.486 e. The van der Waals surface area contributed by atoms with Crippen LogP contribution in [0.1, 0.15) is 16.8 Å². The van der Waals surface area contributed by atoms with Crippen LogP contribution in [0, 0.1) is 0 Å². The second kappa shape index (κ2) is 7.83. The number of fused-ring (bicyclic) bond motifs is 1. The number of nitrogens with one attached hydrogen (secondary N) is 2. The number of hydrogen-bond donors (Lipinski definition) is 2. The topological polar surface area (TPSA) is 76.7 Å². The predicted molar refractivity (Wildman–Crippen MR) is 90.6 cm³/mol. The van der Waals surface area contributed by atoms with Crippen LogP contribution in [-0.2, 0) is 4.79 Å². The lowest BCUT2D eigenvalue weighted by Crippen LogP contribution is -2.41. The molecule has 1 aromatic carbocycles. The van der Waals surface area contributed by atoms with E-state index in [1.165, 1.54) is 11.3 Å². The summed E-state index contributed by atoms with van der Waals surface area (Å²) in [5.41, 5.74) is 0.617. The molecule has 0 spiro atoms. The van der Waals surface area contributed by atoms with E-state index in [0.717, 1.165) is 5.75 Å². The van der Waals surface area contributed by atoms with Gasteiger partial charge in [0.1, 0.15) is 12.7 Å². The van der Waals surface area contributed by atoms with Crippen molar-refractivity contribution in [3.63, 3.8) is 0 Å². The normalized spacial score (nSPS) is 15.6. The average molecular weight is 346 g/mol. The summed E-state index contributed by atoms with van der Waals surface area (Å²) in [6, 6.07) is 9.19. The molecule has 1 aromatic heterocycles. The largest absolute Gasteiger partial charge is 0.486 e. The van der Waals surface area contributed by atoms with Gasteiger partial charge in [0.2, 0.25) is 5.91 Å². The number of benzene rings is 1. The highest BCUT2D eigenvalue weighted by atomic mass is 32.1. The Morgan fingerprint density at radius 2 is 2.00 bits per heavy atom. The van der Waals surface area contributed by atoms with E-state index < -0.39 is 0 Å². The van der Waals surface area contributed by atoms with Crippen LogP contribution in [0.15, 0.2) is 41.1 Å². The number of ether oxygens (including phenoxy) is 2. The minimum absolute atomic E-state index is 0.136. The summed E-state index contributed by atoms with van der Waals surface area (Å²) in [5, 5.41) is 9.13. The van der Waals surface area contributed by atoms with Gasteiger partial charge in [-0.1, -0.05) is 12.1 Å². The molecule has 2 amide bonds. The van der Waals surface area contributed by atoms with Crippen LogP contribution < -0.4 is 20.1 Å². The van der Waals surface area contributed by atoms with E-state index in [-0.39, 0.29) is 24.3 Å². The maximum absolute atomic E-state index is 11.8. The maximum Gasteiger partial charge on any atom is 0.252 e. The SMILES string of the molecule is O=C(CCNC(=O)c1ccsc1)NCC1COc2ccccc2O1. The first kappa shape index (κ1) is 16.3. The molecular formula is C17H18N2O4S. The molecule has 1 unspecified atom stereocenters. The molecule has 1 atom stereocenters. The molecule has 2 aromatic rings. The van der Waals surface area contributed by atoms with Crippen LogP contribution in [-0.4, -0.2) is 37.6 Å². The van der Waals surface area contributed by atoms with E-state index in [1.54, 1.807) is 11.4 Å². The zero-order valence-corrected chi connectivity index (χ0v) is 13.8. The monoisotopic (exact) mass is 346 g/mol. The molecule has 126 valence electrons. The Morgan fingerprint density at radius 3 is 2.79 bits per heavy atom. The quantitative estimate of drug-likeness (QED) is 0.837. The van der Waals surface area contributed by atoms with Gasteiger partial charge >= 0.3 is 0 Å². The number of hydrogen-bond acceptors (Lipinski definition) is 5. The van der Waals surface area contributed by atoms with Crippen molar-refractivity contribution in [3.8, 4) is 11.5 Å². The van der Waals surface area contributed by atoms with Crippen LogP contribution in [0.5, 0.6) is 11.5 Å². The highest BCUT2D eigenvalue weighted by Crippen LogP contribution is 2.30. The fourth-order valence-electron chi connectivity index (χ4n) is 2.27. The van der Waals surface area contributed by atoms with Crippen LogP contribution in [0.3, 0.4) is 0 Å². The third-order valence-corrected chi connectivity index (χ3v) is 4.20. The molecule has 0 bridgehead atoms. The summed E-state index contributed by atoms with van der Waals surface area (Å²) in [7, 11) is 0. The summed E-state index contributed by atoms with van der Waals surface area (Å²) < 4.78 is 11.4. The lowest BCUT2D eigenvalue weighted by Gasteiger charge is -2.26. The molecule has 0 radical (unpaired) electrons. The first-order chi connectivity index (χ1) is 11.7. The standard InChI is InChI=1S/C17H18N2O4S/c20-16(5-7-18-17(21)12-6-8-24-11-12)19-9-13-10-22-14-3-1-2-4-15(14)23-13/h1-4,6,8,11,13H,5,7,9-10H2,(H,18,21)(H,19,20). The molecule has 0 aliphatic carbocycles. The zero-order valence-electron chi connectivity index (χ0n) is 13.0. The maximum atomic E-state index is 11.8. The number of thiophene rings is 1. The van der Waals surface area contributed by atoms with Crippen molar-refractivity contribution in [3.05, 3.63) is 46.7 Å². The summed E-state index contributed by atoms with van der Waals surface area (Å²) >= 11 is 1.46. The molecular weight excluding hydrogens is 328 g/mol. The number of para-hydroxylation sites is 2. The van der Waals surface area contributed by atoms with E-state index in [1.807, 2.05) is 29.6 Å². The van der Waals surface area contributed by atoms with Gasteiger partial charge < -0.3 is 20.1 Å². The van der Waals surface area contributed by atoms with Crippen molar-refractivity contribution in [2.45, 2.75) is 12.5 Å². The Morgan fingerprint density at radius 1 is 1.17 bits per heavy atom. The summed E-state index contributed by atoms with van der Waals surface area (Å²) in [6.45, 7) is 1.06. The Kier molecular flexibility index (Phi) is 5.32. The van der Waals surface area contributed by atoms with Gasteiger partial charge in [-0.3, -0.25) is 9.59 Å². The zero-order chi connectivity index (χ0) is 16.8. The molecule has 1 aliphatic rings. The number of amides is 2. The number of rotatable bonds is 6. The van der Waals surface area contributed by atoms with Gasteiger partial charge in [-0.2, -0.15) is 11.3 Å². The lowest BCUT2D eigenvalue weighted by molar-refractivity contribution is -0.121. The second-order valence-electron chi connectivity index (χ2n) is 5.32. The molecule has 7 heteroatoms. The van der Waals surface area contributed by atoms with Crippen molar-refractivity contribution in [2.24, 2.45) is 0 Å². The highest BCUT2D eigenvalue weighted by molar-refractivity contribution is 7.08. The molecule has 1 aliphatic heterocycles. The van der Waals surface area contributed by atoms with Gasteiger partial charge in [0, 0.05) is 23.9 Å². The fraction of sp³-hybridized carbons (Fsp3) is 0.294. The van der Waals surface area contributed by atoms with E-state index in [9.17, 15) is 9.59 Å². The molecule has 0 saturated heterocycles. The van der Waals surface area contributed by atoms with Crippen LogP contribution in [0.2, 0.25) is 0 Å². The second-order valence-corrected chi connectivity index (χ2v) is 6.10. The summed E-state index contributed by atoms with van der Waals surface area (Å²) in [4.78, 5) is 23.6. The summed E-state index contributed by atoms with van der Waals surface area (Å²) in [6.07, 6.45) is 0.00397. The third kappa shape index (κ3) is 4.26. The van der Waals surface area contributed by atoms with E-state index >= 15 is 0 Å². The van der Waals surface area contributed by atoms with Crippen LogP contribution in [0.4, 0.5) is 0 Å². The Balaban J connectivity index is 1.35. The van der Waals surface area contributed by atoms with E-state index in [0.29, 0.717) is 31.0 Å². The van der Waals surface area contributed by atoms with Gasteiger partial charge in [-0.25, -0.2) is 0 Å². The molecule has 2 N–H and O–H groups in total. The molecule has 0 fully saturated rings. The first-order valence-corrected chi connectivity index (χ1v) is 8.62. The minimum atomic E-state index is -0.218. The van der Waals surface area contributed by atoms with Crippen molar-refractivity contribution in [1.29, 1.82) is 0 Å². The Labute approximate surface area is 143 Å². The molecule has 3 rings (SSSR count). The van der Waals surface area contributed by atoms with Crippen LogP contribution >= 0.6 is 11.3 Å². The third-order valence-electron chi connectivity index (χ3n) is 3.52. The van der Waals surface area contributed by atoms with Gasteiger partial charge in [-0.15, -0.1) is 0 Å². The van der Waals surface area contributed by atoms with Gasteiger partial charge in [0.05, 0.1) is 6.54 Å². The molecule has 6 nitrogen and oxygen atoms in total.